The number of hydrazine groups is 1. The van der Waals surface area contributed by atoms with Crippen molar-refractivity contribution >= 4 is 11.6 Å². The molecule has 102 valence electrons. The highest BCUT2D eigenvalue weighted by atomic mass is 19.1. The topological polar surface area (TPSA) is 58.4 Å². The van der Waals surface area contributed by atoms with Crippen molar-refractivity contribution in [3.63, 3.8) is 0 Å². The number of nitrogens with one attached hydrogen (secondary N) is 1. The lowest BCUT2D eigenvalue weighted by molar-refractivity contribution is 0.0953. The molecular formula is C15H14FN3O. The monoisotopic (exact) mass is 271 g/mol. The molecule has 0 atom stereocenters. The Morgan fingerprint density at radius 3 is 2.50 bits per heavy atom. The van der Waals surface area contributed by atoms with Gasteiger partial charge < -0.3 is 4.90 Å². The highest BCUT2D eigenvalue weighted by Gasteiger charge is 2.20. The summed E-state index contributed by atoms with van der Waals surface area (Å²) < 4.78 is 12.9. The quantitative estimate of drug-likeness (QED) is 0.498. The van der Waals surface area contributed by atoms with Crippen molar-refractivity contribution in [1.29, 1.82) is 0 Å². The van der Waals surface area contributed by atoms with Crippen LogP contribution >= 0.6 is 0 Å². The summed E-state index contributed by atoms with van der Waals surface area (Å²) >= 11 is 0. The predicted octanol–water partition coefficient (Wildman–Crippen LogP) is 1.95. The highest BCUT2D eigenvalue weighted by molar-refractivity contribution is 5.94. The van der Waals surface area contributed by atoms with Crippen LogP contribution < -0.4 is 16.2 Å². The summed E-state index contributed by atoms with van der Waals surface area (Å²) in [4.78, 5) is 13.6. The Labute approximate surface area is 116 Å². The van der Waals surface area contributed by atoms with Crippen LogP contribution in [0.15, 0.2) is 42.5 Å². The molecule has 1 aliphatic heterocycles. The first-order chi connectivity index (χ1) is 9.67. The lowest BCUT2D eigenvalue weighted by Gasteiger charge is -2.17. The normalized spacial score (nSPS) is 13.2. The second-order valence-electron chi connectivity index (χ2n) is 4.79. The third kappa shape index (κ3) is 2.23. The number of amides is 1. The van der Waals surface area contributed by atoms with E-state index in [1.54, 1.807) is 18.2 Å². The van der Waals surface area contributed by atoms with Crippen LogP contribution in [0.25, 0.3) is 0 Å². The van der Waals surface area contributed by atoms with Crippen molar-refractivity contribution in [3.8, 4) is 0 Å². The predicted molar refractivity (Wildman–Crippen MR) is 74.4 cm³/mol. The molecule has 1 amide bonds. The van der Waals surface area contributed by atoms with Gasteiger partial charge in [-0.05, 0) is 47.5 Å². The van der Waals surface area contributed by atoms with E-state index in [-0.39, 0.29) is 11.7 Å². The number of benzene rings is 2. The van der Waals surface area contributed by atoms with Crippen LogP contribution in [0.2, 0.25) is 0 Å². The Morgan fingerprint density at radius 2 is 1.80 bits per heavy atom. The molecule has 1 aliphatic rings. The molecule has 20 heavy (non-hydrogen) atoms. The number of nitrogens with two attached hydrogens (primary N) is 1. The molecule has 1 heterocycles. The van der Waals surface area contributed by atoms with Crippen molar-refractivity contribution in [3.05, 3.63) is 65.0 Å². The van der Waals surface area contributed by atoms with Crippen molar-refractivity contribution in [1.82, 2.24) is 5.43 Å². The van der Waals surface area contributed by atoms with Crippen LogP contribution in [0.5, 0.6) is 0 Å². The average Bonchev–Trinajstić information content (AvgIpc) is 2.90. The number of rotatable bonds is 2. The number of halogens is 1. The number of carbonyl (C=O) groups excluding carboxylic acids is 1. The van der Waals surface area contributed by atoms with E-state index in [4.69, 9.17) is 5.84 Å². The zero-order chi connectivity index (χ0) is 14.1. The minimum Gasteiger partial charge on any atom is -0.363 e. The van der Waals surface area contributed by atoms with Gasteiger partial charge in [0.15, 0.2) is 0 Å². The van der Waals surface area contributed by atoms with Crippen LogP contribution in [0, 0.1) is 5.82 Å². The number of carbonyl (C=O) groups is 1. The van der Waals surface area contributed by atoms with E-state index in [0.29, 0.717) is 12.1 Å². The van der Waals surface area contributed by atoms with Gasteiger partial charge in [0, 0.05) is 24.3 Å². The molecule has 4 nitrogen and oxygen atoms in total. The van der Waals surface area contributed by atoms with E-state index in [1.165, 1.54) is 17.7 Å². The van der Waals surface area contributed by atoms with Crippen molar-refractivity contribution in [2.24, 2.45) is 5.84 Å². The second kappa shape index (κ2) is 4.94. The summed E-state index contributed by atoms with van der Waals surface area (Å²) in [6, 6.07) is 12.0. The summed E-state index contributed by atoms with van der Waals surface area (Å²) in [5, 5.41) is 0. The lowest BCUT2D eigenvalue weighted by atomic mass is 10.1. The fourth-order valence-corrected chi connectivity index (χ4v) is 2.45. The van der Waals surface area contributed by atoms with Gasteiger partial charge in [-0.25, -0.2) is 10.2 Å². The van der Waals surface area contributed by atoms with Gasteiger partial charge in [-0.15, -0.1) is 0 Å². The van der Waals surface area contributed by atoms with Crippen LogP contribution in [0.4, 0.5) is 10.1 Å². The standard InChI is InChI=1S/C15H14FN3O/c16-13-3-5-14(6-4-13)19-8-11-2-1-10(15(20)18-17)7-12(11)9-19/h1-7H,8-9,17H2,(H,18,20). The number of anilines is 1. The maximum absolute atomic E-state index is 12.9. The lowest BCUT2D eigenvalue weighted by Crippen LogP contribution is -2.30. The van der Waals surface area contributed by atoms with Gasteiger partial charge in [0.1, 0.15) is 5.82 Å². The maximum atomic E-state index is 12.9. The third-order valence-corrected chi connectivity index (χ3v) is 3.51. The molecule has 2 aromatic carbocycles. The summed E-state index contributed by atoms with van der Waals surface area (Å²) in [6.45, 7) is 1.46. The van der Waals surface area contributed by atoms with Crippen molar-refractivity contribution in [2.45, 2.75) is 13.1 Å². The maximum Gasteiger partial charge on any atom is 0.265 e. The Balaban J connectivity index is 1.85. The molecule has 2 aromatic rings. The Morgan fingerprint density at radius 1 is 1.10 bits per heavy atom. The fourth-order valence-electron chi connectivity index (χ4n) is 2.45. The molecule has 0 bridgehead atoms. The zero-order valence-corrected chi connectivity index (χ0v) is 10.8. The minimum absolute atomic E-state index is 0.243. The number of nitrogens with zero attached hydrogens (tertiary/aromatic N) is 1. The van der Waals surface area contributed by atoms with Gasteiger partial charge in [0.2, 0.25) is 0 Å². The van der Waals surface area contributed by atoms with Crippen molar-refractivity contribution in [2.75, 3.05) is 4.90 Å². The smallest absolute Gasteiger partial charge is 0.265 e. The average molecular weight is 271 g/mol. The summed E-state index contributed by atoms with van der Waals surface area (Å²) in [5.74, 6) is 4.60. The van der Waals surface area contributed by atoms with E-state index in [9.17, 15) is 9.18 Å². The molecule has 0 saturated carbocycles. The number of nitrogen functional groups attached to an aromatic ring is 1. The number of hydrogen-bond acceptors (Lipinski definition) is 3. The van der Waals surface area contributed by atoms with Gasteiger partial charge in [0.25, 0.3) is 5.91 Å². The van der Waals surface area contributed by atoms with E-state index >= 15 is 0 Å². The molecule has 0 saturated heterocycles. The van der Waals surface area contributed by atoms with Crippen LogP contribution in [-0.2, 0) is 13.1 Å². The summed E-state index contributed by atoms with van der Waals surface area (Å²) in [7, 11) is 0. The minimum atomic E-state index is -0.298. The zero-order valence-electron chi connectivity index (χ0n) is 10.8. The molecule has 3 rings (SSSR count). The van der Waals surface area contributed by atoms with Gasteiger partial charge in [-0.2, -0.15) is 0 Å². The van der Waals surface area contributed by atoms with Gasteiger partial charge in [0.05, 0.1) is 0 Å². The first-order valence-electron chi connectivity index (χ1n) is 6.30. The number of hydrogen-bond donors (Lipinski definition) is 2. The first-order valence-corrected chi connectivity index (χ1v) is 6.30. The van der Waals surface area contributed by atoms with Gasteiger partial charge in [-0.3, -0.25) is 10.2 Å². The molecule has 3 N–H and O–H groups in total. The Kier molecular flexibility index (Phi) is 3.12. The van der Waals surface area contributed by atoms with E-state index in [2.05, 4.69) is 10.3 Å². The SMILES string of the molecule is NNC(=O)c1ccc2c(c1)CN(c1ccc(F)cc1)C2. The number of fused-ring (bicyclic) bond motifs is 1. The van der Waals surface area contributed by atoms with Crippen molar-refractivity contribution < 1.29 is 9.18 Å². The van der Waals surface area contributed by atoms with E-state index in [0.717, 1.165) is 17.8 Å². The van der Waals surface area contributed by atoms with E-state index in [1.807, 2.05) is 12.1 Å². The Bertz CT molecular complexity index is 655. The van der Waals surface area contributed by atoms with E-state index < -0.39 is 0 Å². The molecule has 0 aromatic heterocycles. The molecular weight excluding hydrogens is 257 g/mol. The van der Waals surface area contributed by atoms with Gasteiger partial charge in [-0.1, -0.05) is 6.07 Å². The molecule has 0 aliphatic carbocycles. The second-order valence-corrected chi connectivity index (χ2v) is 4.79. The largest absolute Gasteiger partial charge is 0.363 e. The molecule has 0 fully saturated rings. The molecule has 5 heteroatoms. The fraction of sp³-hybridized carbons (Fsp3) is 0.133. The van der Waals surface area contributed by atoms with Crippen LogP contribution in [0.1, 0.15) is 21.5 Å². The molecule has 0 radical (unpaired) electrons. The first kappa shape index (κ1) is 12.6. The highest BCUT2D eigenvalue weighted by Crippen LogP contribution is 2.28. The summed E-state index contributed by atoms with van der Waals surface area (Å²) in [5.41, 5.74) is 5.90. The summed E-state index contributed by atoms with van der Waals surface area (Å²) in [6.07, 6.45) is 0. The molecule has 0 spiro atoms. The van der Waals surface area contributed by atoms with Crippen LogP contribution in [0.3, 0.4) is 0 Å². The third-order valence-electron chi connectivity index (χ3n) is 3.51. The molecule has 0 unspecified atom stereocenters. The van der Waals surface area contributed by atoms with Crippen LogP contribution in [-0.4, -0.2) is 5.91 Å². The Hall–Kier alpha value is -2.40. The van der Waals surface area contributed by atoms with Gasteiger partial charge >= 0.3 is 0 Å².